The molecule has 2 aromatic heterocycles. The number of hydrogen-bond acceptors (Lipinski definition) is 6. The molecule has 0 spiro atoms. The summed E-state index contributed by atoms with van der Waals surface area (Å²) in [5.41, 5.74) is 3.03. The van der Waals surface area contributed by atoms with Crippen molar-refractivity contribution >= 4 is 27.3 Å². The van der Waals surface area contributed by atoms with Gasteiger partial charge >= 0.3 is 0 Å². The normalized spacial score (nSPS) is 11.4. The number of rotatable bonds is 8. The molecule has 9 heteroatoms. The molecule has 0 aliphatic rings. The predicted octanol–water partition coefficient (Wildman–Crippen LogP) is 2.78. The first-order chi connectivity index (χ1) is 13.9. The lowest BCUT2D eigenvalue weighted by Gasteiger charge is -2.10. The summed E-state index contributed by atoms with van der Waals surface area (Å²) >= 11 is 1.59. The molecule has 0 atom stereocenters. The molecule has 0 aliphatic heterocycles. The largest absolute Gasteiger partial charge is 0.352 e. The van der Waals surface area contributed by atoms with Crippen LogP contribution in [0.15, 0.2) is 53.0 Å². The third kappa shape index (κ3) is 5.26. The standard InChI is InChI=1S/C20H22N4O3S2/c1-14-5-6-16(29(26,27)21-2)12-17(14)20(25)23-9-3-4-19-24-18(13-28-19)15-7-10-22-11-8-15/h5-8,10-13,21H,3-4,9H2,1-2H3,(H,23,25). The average Bonchev–Trinajstić information content (AvgIpc) is 3.21. The van der Waals surface area contributed by atoms with Crippen molar-refractivity contribution in [2.24, 2.45) is 0 Å². The van der Waals surface area contributed by atoms with Gasteiger partial charge in [-0.15, -0.1) is 11.3 Å². The number of pyridine rings is 1. The van der Waals surface area contributed by atoms with Gasteiger partial charge in [-0.1, -0.05) is 6.07 Å². The minimum absolute atomic E-state index is 0.0715. The first kappa shape index (κ1) is 21.1. The summed E-state index contributed by atoms with van der Waals surface area (Å²) in [6, 6.07) is 8.36. The van der Waals surface area contributed by atoms with Gasteiger partial charge in [0.1, 0.15) is 0 Å². The van der Waals surface area contributed by atoms with E-state index in [2.05, 4.69) is 20.0 Å². The maximum absolute atomic E-state index is 12.5. The van der Waals surface area contributed by atoms with Crippen molar-refractivity contribution < 1.29 is 13.2 Å². The number of thiazole rings is 1. The Labute approximate surface area is 174 Å². The van der Waals surface area contributed by atoms with Crippen LogP contribution in [0.25, 0.3) is 11.3 Å². The van der Waals surface area contributed by atoms with Gasteiger partial charge < -0.3 is 5.32 Å². The van der Waals surface area contributed by atoms with E-state index in [1.54, 1.807) is 36.7 Å². The topological polar surface area (TPSA) is 101 Å². The number of aromatic nitrogens is 2. The Hall–Kier alpha value is -2.62. The summed E-state index contributed by atoms with van der Waals surface area (Å²) in [5.74, 6) is -0.285. The number of nitrogens with one attached hydrogen (secondary N) is 2. The molecule has 152 valence electrons. The van der Waals surface area contributed by atoms with Crippen molar-refractivity contribution in [2.45, 2.75) is 24.7 Å². The van der Waals surface area contributed by atoms with Crippen molar-refractivity contribution in [1.82, 2.24) is 20.0 Å². The van der Waals surface area contributed by atoms with Gasteiger partial charge in [0.15, 0.2) is 0 Å². The van der Waals surface area contributed by atoms with Gasteiger partial charge in [-0.3, -0.25) is 9.78 Å². The Morgan fingerprint density at radius 2 is 1.93 bits per heavy atom. The molecule has 3 aromatic rings. The molecule has 7 nitrogen and oxygen atoms in total. The van der Waals surface area contributed by atoms with Crippen LogP contribution in [-0.2, 0) is 16.4 Å². The second-order valence-electron chi connectivity index (χ2n) is 6.41. The Morgan fingerprint density at radius 3 is 2.66 bits per heavy atom. The van der Waals surface area contributed by atoms with Crippen molar-refractivity contribution in [3.05, 3.63) is 64.2 Å². The van der Waals surface area contributed by atoms with Crippen molar-refractivity contribution in [2.75, 3.05) is 13.6 Å². The number of carbonyl (C=O) groups excluding carboxylic acids is 1. The van der Waals surface area contributed by atoms with E-state index in [0.29, 0.717) is 12.1 Å². The Morgan fingerprint density at radius 1 is 1.17 bits per heavy atom. The maximum atomic E-state index is 12.5. The number of hydrogen-bond donors (Lipinski definition) is 2. The second-order valence-corrected chi connectivity index (χ2v) is 9.24. The van der Waals surface area contributed by atoms with E-state index in [-0.39, 0.29) is 10.8 Å². The zero-order chi connectivity index (χ0) is 20.9. The van der Waals surface area contributed by atoms with Gasteiger partial charge in [-0.05, 0) is 50.2 Å². The first-order valence-electron chi connectivity index (χ1n) is 9.08. The highest BCUT2D eigenvalue weighted by Crippen LogP contribution is 2.22. The van der Waals surface area contributed by atoms with Gasteiger partial charge in [-0.2, -0.15) is 0 Å². The van der Waals surface area contributed by atoms with Crippen LogP contribution in [-0.4, -0.2) is 37.9 Å². The minimum Gasteiger partial charge on any atom is -0.352 e. The number of benzene rings is 1. The molecule has 0 unspecified atom stereocenters. The molecule has 1 amide bonds. The van der Waals surface area contributed by atoms with Crippen LogP contribution in [0, 0.1) is 6.92 Å². The van der Waals surface area contributed by atoms with E-state index in [1.807, 2.05) is 17.5 Å². The molecule has 0 aliphatic carbocycles. The Balaban J connectivity index is 1.56. The molecule has 1 aromatic carbocycles. The van der Waals surface area contributed by atoms with Crippen LogP contribution in [0.4, 0.5) is 0 Å². The fourth-order valence-corrected chi connectivity index (χ4v) is 4.35. The summed E-state index contributed by atoms with van der Waals surface area (Å²) in [7, 11) is -2.25. The third-order valence-corrected chi connectivity index (χ3v) is 6.73. The van der Waals surface area contributed by atoms with Gasteiger partial charge in [0, 0.05) is 41.9 Å². The maximum Gasteiger partial charge on any atom is 0.251 e. The van der Waals surface area contributed by atoms with E-state index < -0.39 is 10.0 Å². The van der Waals surface area contributed by atoms with Crippen LogP contribution >= 0.6 is 11.3 Å². The summed E-state index contributed by atoms with van der Waals surface area (Å²) in [6.07, 6.45) is 4.97. The summed E-state index contributed by atoms with van der Waals surface area (Å²) in [6.45, 7) is 2.26. The molecule has 0 saturated carbocycles. The summed E-state index contributed by atoms with van der Waals surface area (Å²) in [5, 5.41) is 5.88. The van der Waals surface area contributed by atoms with E-state index in [9.17, 15) is 13.2 Å². The lowest BCUT2D eigenvalue weighted by atomic mass is 10.1. The first-order valence-corrected chi connectivity index (χ1v) is 11.4. The SMILES string of the molecule is CNS(=O)(=O)c1ccc(C)c(C(=O)NCCCc2nc(-c3ccncc3)cs2)c1. The predicted molar refractivity (Wildman–Crippen MR) is 113 cm³/mol. The fraction of sp³-hybridized carbons (Fsp3) is 0.250. The molecule has 0 radical (unpaired) electrons. The molecule has 2 heterocycles. The third-order valence-electron chi connectivity index (χ3n) is 4.41. The van der Waals surface area contributed by atoms with Crippen LogP contribution in [0.5, 0.6) is 0 Å². The van der Waals surface area contributed by atoms with E-state index in [4.69, 9.17) is 0 Å². The number of amides is 1. The monoisotopic (exact) mass is 430 g/mol. The number of carbonyl (C=O) groups is 1. The van der Waals surface area contributed by atoms with E-state index in [0.717, 1.165) is 34.7 Å². The highest BCUT2D eigenvalue weighted by molar-refractivity contribution is 7.89. The summed E-state index contributed by atoms with van der Waals surface area (Å²) < 4.78 is 26.2. The lowest BCUT2D eigenvalue weighted by Crippen LogP contribution is -2.26. The molecule has 0 saturated heterocycles. The molecule has 0 bridgehead atoms. The number of nitrogens with zero attached hydrogens (tertiary/aromatic N) is 2. The Kier molecular flexibility index (Phi) is 6.73. The van der Waals surface area contributed by atoms with Gasteiger partial charge in [0.25, 0.3) is 5.91 Å². The van der Waals surface area contributed by atoms with Crippen LogP contribution < -0.4 is 10.0 Å². The number of sulfonamides is 1. The van der Waals surface area contributed by atoms with Crippen molar-refractivity contribution in [3.8, 4) is 11.3 Å². The molecular formula is C20H22N4O3S2. The van der Waals surface area contributed by atoms with Crippen molar-refractivity contribution in [3.63, 3.8) is 0 Å². The molecule has 3 rings (SSSR count). The van der Waals surface area contributed by atoms with Gasteiger partial charge in [0.2, 0.25) is 10.0 Å². The molecule has 29 heavy (non-hydrogen) atoms. The summed E-state index contributed by atoms with van der Waals surface area (Å²) in [4.78, 5) is 21.2. The average molecular weight is 431 g/mol. The number of aryl methyl sites for hydroxylation is 2. The fourth-order valence-electron chi connectivity index (χ4n) is 2.75. The zero-order valence-corrected chi connectivity index (χ0v) is 17.8. The quantitative estimate of drug-likeness (QED) is 0.535. The van der Waals surface area contributed by atoms with E-state index >= 15 is 0 Å². The van der Waals surface area contributed by atoms with Crippen LogP contribution in [0.1, 0.15) is 27.3 Å². The van der Waals surface area contributed by atoms with Gasteiger partial charge in [-0.25, -0.2) is 18.1 Å². The van der Waals surface area contributed by atoms with Gasteiger partial charge in [0.05, 0.1) is 15.6 Å². The zero-order valence-electron chi connectivity index (χ0n) is 16.2. The molecule has 0 fully saturated rings. The highest BCUT2D eigenvalue weighted by atomic mass is 32.2. The minimum atomic E-state index is -3.59. The van der Waals surface area contributed by atoms with E-state index in [1.165, 1.54) is 19.2 Å². The lowest BCUT2D eigenvalue weighted by molar-refractivity contribution is 0.0952. The van der Waals surface area contributed by atoms with Crippen LogP contribution in [0.3, 0.4) is 0 Å². The Bertz CT molecular complexity index is 1100. The second kappa shape index (κ2) is 9.25. The highest BCUT2D eigenvalue weighted by Gasteiger charge is 2.16. The van der Waals surface area contributed by atoms with Crippen molar-refractivity contribution in [1.29, 1.82) is 0 Å². The smallest absolute Gasteiger partial charge is 0.251 e. The molecule has 2 N–H and O–H groups in total. The molecular weight excluding hydrogens is 408 g/mol. The van der Waals surface area contributed by atoms with Crippen LogP contribution in [0.2, 0.25) is 0 Å².